The third kappa shape index (κ3) is 6.26. The third-order valence-electron chi connectivity index (χ3n) is 6.67. The first-order valence-electron chi connectivity index (χ1n) is 12.1. The molecule has 2 aromatic carbocycles. The normalized spacial score (nSPS) is 20.2. The van der Waals surface area contributed by atoms with Gasteiger partial charge in [-0.15, -0.1) is 0 Å². The number of hydrogen-bond acceptors (Lipinski definition) is 4. The van der Waals surface area contributed by atoms with Crippen LogP contribution in [0.1, 0.15) is 43.0 Å². The molecule has 2 saturated heterocycles. The van der Waals surface area contributed by atoms with Crippen molar-refractivity contribution in [2.75, 3.05) is 45.9 Å². The minimum absolute atomic E-state index is 0.0848. The molecule has 0 aromatic heterocycles. The number of likely N-dealkylation sites (tertiary alicyclic amines) is 2. The quantitative estimate of drug-likeness (QED) is 0.561. The van der Waals surface area contributed by atoms with Gasteiger partial charge in [0.2, 0.25) is 0 Å². The van der Waals surface area contributed by atoms with Crippen LogP contribution < -0.4 is 9.47 Å². The predicted molar refractivity (Wildman–Crippen MR) is 127 cm³/mol. The van der Waals surface area contributed by atoms with Crippen molar-refractivity contribution in [1.29, 1.82) is 0 Å². The average molecular weight is 437 g/mol. The topological polar surface area (TPSA) is 42.0 Å². The van der Waals surface area contributed by atoms with Crippen LogP contribution in [0.4, 0.5) is 0 Å². The van der Waals surface area contributed by atoms with Crippen molar-refractivity contribution in [2.24, 2.45) is 11.8 Å². The van der Waals surface area contributed by atoms with Gasteiger partial charge in [0.15, 0.2) is 0 Å². The van der Waals surface area contributed by atoms with Gasteiger partial charge < -0.3 is 19.3 Å². The van der Waals surface area contributed by atoms with Gasteiger partial charge in [0.05, 0.1) is 5.56 Å². The summed E-state index contributed by atoms with van der Waals surface area (Å²) in [4.78, 5) is 18.0. The summed E-state index contributed by atoms with van der Waals surface area (Å²) < 4.78 is 11.7. The van der Waals surface area contributed by atoms with E-state index in [0.29, 0.717) is 30.4 Å². The van der Waals surface area contributed by atoms with Crippen molar-refractivity contribution >= 4 is 5.91 Å². The summed E-state index contributed by atoms with van der Waals surface area (Å²) in [5, 5.41) is 0. The van der Waals surface area contributed by atoms with Gasteiger partial charge in [-0.05, 0) is 74.9 Å². The first-order valence-corrected chi connectivity index (χ1v) is 12.1. The molecule has 0 bridgehead atoms. The number of carbonyl (C=O) groups excluding carboxylic acids is 1. The summed E-state index contributed by atoms with van der Waals surface area (Å²) in [7, 11) is 0. The molecule has 2 fully saturated rings. The SMILES string of the molecule is CC1CCN(CC2CCCN(C(=O)c3ccccc3OCCOc3ccccc3)C2)CC1. The highest BCUT2D eigenvalue weighted by atomic mass is 16.5. The third-order valence-corrected chi connectivity index (χ3v) is 6.67. The molecule has 0 N–H and O–H groups in total. The Kier molecular flexibility index (Phi) is 8.05. The van der Waals surface area contributed by atoms with Crippen molar-refractivity contribution in [2.45, 2.75) is 32.6 Å². The summed E-state index contributed by atoms with van der Waals surface area (Å²) in [5.74, 6) is 2.96. The van der Waals surface area contributed by atoms with Crippen LogP contribution in [0.5, 0.6) is 11.5 Å². The lowest BCUT2D eigenvalue weighted by Gasteiger charge is -2.38. The zero-order valence-electron chi connectivity index (χ0n) is 19.2. The van der Waals surface area contributed by atoms with Crippen molar-refractivity contribution in [3.05, 3.63) is 60.2 Å². The molecule has 1 unspecified atom stereocenters. The van der Waals surface area contributed by atoms with Gasteiger partial charge in [-0.2, -0.15) is 0 Å². The van der Waals surface area contributed by atoms with E-state index in [9.17, 15) is 4.79 Å². The van der Waals surface area contributed by atoms with E-state index in [4.69, 9.17) is 9.47 Å². The smallest absolute Gasteiger partial charge is 0.257 e. The molecule has 4 rings (SSSR count). The number of amides is 1. The maximum atomic E-state index is 13.4. The van der Waals surface area contributed by atoms with Gasteiger partial charge in [-0.1, -0.05) is 37.3 Å². The Morgan fingerprint density at radius 2 is 1.62 bits per heavy atom. The van der Waals surface area contributed by atoms with Crippen LogP contribution in [-0.4, -0.2) is 61.6 Å². The van der Waals surface area contributed by atoms with E-state index in [1.54, 1.807) is 0 Å². The molecule has 172 valence electrons. The highest BCUT2D eigenvalue weighted by molar-refractivity contribution is 5.97. The van der Waals surface area contributed by atoms with Crippen molar-refractivity contribution in [3.63, 3.8) is 0 Å². The highest BCUT2D eigenvalue weighted by Gasteiger charge is 2.28. The number of carbonyl (C=O) groups is 1. The van der Waals surface area contributed by atoms with Crippen LogP contribution in [-0.2, 0) is 0 Å². The van der Waals surface area contributed by atoms with E-state index < -0.39 is 0 Å². The zero-order chi connectivity index (χ0) is 22.2. The number of nitrogens with zero attached hydrogens (tertiary/aromatic N) is 2. The number of ether oxygens (including phenoxy) is 2. The molecule has 0 aliphatic carbocycles. The van der Waals surface area contributed by atoms with Crippen LogP contribution in [0.15, 0.2) is 54.6 Å². The number of hydrogen-bond donors (Lipinski definition) is 0. The average Bonchev–Trinajstić information content (AvgIpc) is 2.84. The summed E-state index contributed by atoms with van der Waals surface area (Å²) in [6.45, 7) is 8.38. The molecule has 2 aromatic rings. The van der Waals surface area contributed by atoms with Gasteiger partial charge in [-0.25, -0.2) is 0 Å². The molecule has 2 aliphatic heterocycles. The Balaban J connectivity index is 1.30. The second kappa shape index (κ2) is 11.4. The second-order valence-electron chi connectivity index (χ2n) is 9.25. The number of benzene rings is 2. The molecule has 0 radical (unpaired) electrons. The summed E-state index contributed by atoms with van der Waals surface area (Å²) in [6, 6.07) is 17.3. The summed E-state index contributed by atoms with van der Waals surface area (Å²) in [5.41, 5.74) is 0.652. The van der Waals surface area contributed by atoms with E-state index >= 15 is 0 Å². The fourth-order valence-corrected chi connectivity index (χ4v) is 4.78. The summed E-state index contributed by atoms with van der Waals surface area (Å²) in [6.07, 6.45) is 4.89. The van der Waals surface area contributed by atoms with E-state index in [2.05, 4.69) is 11.8 Å². The van der Waals surface area contributed by atoms with Crippen molar-refractivity contribution in [3.8, 4) is 11.5 Å². The Morgan fingerprint density at radius 1 is 0.906 bits per heavy atom. The minimum Gasteiger partial charge on any atom is -0.490 e. The van der Waals surface area contributed by atoms with E-state index in [-0.39, 0.29) is 5.91 Å². The molecule has 2 aliphatic rings. The summed E-state index contributed by atoms with van der Waals surface area (Å²) >= 11 is 0. The molecule has 5 heteroatoms. The Labute approximate surface area is 192 Å². The molecular weight excluding hydrogens is 400 g/mol. The molecule has 1 atom stereocenters. The van der Waals surface area contributed by atoms with Crippen molar-refractivity contribution in [1.82, 2.24) is 9.80 Å². The fraction of sp³-hybridized carbons (Fsp3) is 0.519. The molecule has 2 heterocycles. The van der Waals surface area contributed by atoms with E-state index in [1.807, 2.05) is 59.5 Å². The minimum atomic E-state index is 0.0848. The first kappa shape index (κ1) is 22.7. The predicted octanol–water partition coefficient (Wildman–Crippen LogP) is 4.73. The Morgan fingerprint density at radius 3 is 2.44 bits per heavy atom. The second-order valence-corrected chi connectivity index (χ2v) is 9.25. The highest BCUT2D eigenvalue weighted by Crippen LogP contribution is 2.25. The first-order chi connectivity index (χ1) is 15.7. The standard InChI is InChI=1S/C27H36N2O3/c1-22-13-16-28(17-14-22)20-23-8-7-15-29(21-23)27(30)25-11-5-6-12-26(25)32-19-18-31-24-9-3-2-4-10-24/h2-6,9-12,22-23H,7-8,13-21H2,1H3. The van der Waals surface area contributed by atoms with Gasteiger partial charge in [0, 0.05) is 19.6 Å². The van der Waals surface area contributed by atoms with Gasteiger partial charge in [0.25, 0.3) is 5.91 Å². The molecule has 5 nitrogen and oxygen atoms in total. The molecule has 1 amide bonds. The lowest BCUT2D eigenvalue weighted by molar-refractivity contribution is 0.0617. The van der Waals surface area contributed by atoms with Crippen LogP contribution in [0.2, 0.25) is 0 Å². The molecule has 32 heavy (non-hydrogen) atoms. The molecule has 0 saturated carbocycles. The Hall–Kier alpha value is -2.53. The van der Waals surface area contributed by atoms with Gasteiger partial charge in [0.1, 0.15) is 24.7 Å². The number of para-hydroxylation sites is 2. The monoisotopic (exact) mass is 436 g/mol. The fourth-order valence-electron chi connectivity index (χ4n) is 4.78. The Bertz CT molecular complexity index is 849. The van der Waals surface area contributed by atoms with Crippen LogP contribution >= 0.6 is 0 Å². The van der Waals surface area contributed by atoms with Gasteiger partial charge >= 0.3 is 0 Å². The maximum Gasteiger partial charge on any atom is 0.257 e. The zero-order valence-corrected chi connectivity index (χ0v) is 19.2. The maximum absolute atomic E-state index is 13.4. The van der Waals surface area contributed by atoms with E-state index in [0.717, 1.165) is 37.7 Å². The lowest BCUT2D eigenvalue weighted by Crippen LogP contribution is -2.45. The van der Waals surface area contributed by atoms with Gasteiger partial charge in [-0.3, -0.25) is 4.79 Å². The van der Waals surface area contributed by atoms with Crippen LogP contribution in [0.3, 0.4) is 0 Å². The molecular formula is C27H36N2O3. The van der Waals surface area contributed by atoms with Crippen LogP contribution in [0, 0.1) is 11.8 Å². The number of rotatable bonds is 8. The largest absolute Gasteiger partial charge is 0.490 e. The van der Waals surface area contributed by atoms with E-state index in [1.165, 1.54) is 32.4 Å². The lowest BCUT2D eigenvalue weighted by atomic mass is 9.94. The van der Waals surface area contributed by atoms with Crippen molar-refractivity contribution < 1.29 is 14.3 Å². The van der Waals surface area contributed by atoms with Crippen LogP contribution in [0.25, 0.3) is 0 Å². The number of piperidine rings is 2. The molecule has 0 spiro atoms.